The Morgan fingerprint density at radius 3 is 3.07 bits per heavy atom. The summed E-state index contributed by atoms with van der Waals surface area (Å²) >= 11 is 0. The maximum atomic E-state index is 10.8. The predicted molar refractivity (Wildman–Crippen MR) is 56.2 cm³/mol. The van der Waals surface area contributed by atoms with Crippen LogP contribution in [-0.2, 0) is 4.74 Å². The van der Waals surface area contributed by atoms with Gasteiger partial charge in [0.1, 0.15) is 0 Å². The highest BCUT2D eigenvalue weighted by Gasteiger charge is 2.12. The summed E-state index contributed by atoms with van der Waals surface area (Å²) < 4.78 is 4.95. The molecule has 1 atom stereocenters. The van der Waals surface area contributed by atoms with Crippen LogP contribution in [0, 0.1) is 0 Å². The van der Waals surface area contributed by atoms with Crippen molar-refractivity contribution >= 4 is 11.7 Å². The molecule has 0 amide bonds. The van der Waals surface area contributed by atoms with Crippen LogP contribution in [0.3, 0.4) is 0 Å². The molecule has 0 aliphatic carbocycles. The number of aromatic nitrogens is 1. The van der Waals surface area contributed by atoms with Crippen molar-refractivity contribution in [3.8, 4) is 0 Å². The topological polar surface area (TPSA) is 71.5 Å². The highest BCUT2D eigenvalue weighted by Crippen LogP contribution is 2.13. The van der Waals surface area contributed by atoms with Crippen LogP contribution in [0.25, 0.3) is 0 Å². The number of pyridine rings is 1. The molecular formula is C10H14N2O3. The van der Waals surface area contributed by atoms with Gasteiger partial charge in [-0.15, -0.1) is 0 Å². The van der Waals surface area contributed by atoms with Gasteiger partial charge >= 0.3 is 5.97 Å². The van der Waals surface area contributed by atoms with Gasteiger partial charge in [-0.1, -0.05) is 0 Å². The van der Waals surface area contributed by atoms with E-state index in [0.29, 0.717) is 12.3 Å². The molecule has 0 saturated carbocycles. The third kappa shape index (κ3) is 3.21. The summed E-state index contributed by atoms with van der Waals surface area (Å²) in [5.41, 5.74) is 0.537. The first-order chi connectivity index (χ1) is 7.15. The van der Waals surface area contributed by atoms with Crippen molar-refractivity contribution in [2.45, 2.75) is 13.0 Å². The van der Waals surface area contributed by atoms with Crippen molar-refractivity contribution in [2.24, 2.45) is 0 Å². The number of carbonyl (C=O) groups is 1. The van der Waals surface area contributed by atoms with E-state index in [1.807, 2.05) is 6.92 Å². The van der Waals surface area contributed by atoms with Gasteiger partial charge in [0.05, 0.1) is 12.3 Å². The van der Waals surface area contributed by atoms with Crippen molar-refractivity contribution < 1.29 is 14.6 Å². The van der Waals surface area contributed by atoms with Gasteiger partial charge in [0.25, 0.3) is 0 Å². The Kier molecular flexibility index (Phi) is 4.05. The summed E-state index contributed by atoms with van der Waals surface area (Å²) in [5.74, 6) is -1.04. The molecule has 82 valence electrons. The largest absolute Gasteiger partial charge is 0.476 e. The van der Waals surface area contributed by atoms with Crippen LogP contribution in [-0.4, -0.2) is 35.8 Å². The summed E-state index contributed by atoms with van der Waals surface area (Å²) in [5, 5.41) is 11.9. The molecule has 5 heteroatoms. The van der Waals surface area contributed by atoms with E-state index < -0.39 is 5.97 Å². The second kappa shape index (κ2) is 5.31. The molecular weight excluding hydrogens is 196 g/mol. The quantitative estimate of drug-likeness (QED) is 0.764. The van der Waals surface area contributed by atoms with Crippen molar-refractivity contribution in [1.82, 2.24) is 4.98 Å². The summed E-state index contributed by atoms with van der Waals surface area (Å²) in [4.78, 5) is 14.6. The van der Waals surface area contributed by atoms with Crippen LogP contribution in [0.4, 0.5) is 5.69 Å². The van der Waals surface area contributed by atoms with Gasteiger partial charge in [-0.25, -0.2) is 9.78 Å². The smallest absolute Gasteiger partial charge is 0.356 e. The second-order valence-electron chi connectivity index (χ2n) is 3.21. The minimum absolute atomic E-state index is 0.0282. The first-order valence-electron chi connectivity index (χ1n) is 4.59. The van der Waals surface area contributed by atoms with E-state index in [2.05, 4.69) is 10.3 Å². The number of nitrogens with zero attached hydrogens (tertiary/aromatic N) is 1. The van der Waals surface area contributed by atoms with Crippen LogP contribution >= 0.6 is 0 Å². The van der Waals surface area contributed by atoms with E-state index >= 15 is 0 Å². The fourth-order valence-corrected chi connectivity index (χ4v) is 1.25. The van der Waals surface area contributed by atoms with Gasteiger partial charge in [-0.2, -0.15) is 0 Å². The molecule has 1 aromatic heterocycles. The molecule has 1 heterocycles. The Hall–Kier alpha value is -1.62. The molecule has 0 saturated heterocycles. The van der Waals surface area contributed by atoms with Crippen molar-refractivity contribution in [3.05, 3.63) is 24.0 Å². The molecule has 0 aliphatic heterocycles. The number of nitrogens with one attached hydrogen (secondary N) is 1. The van der Waals surface area contributed by atoms with Crippen LogP contribution in [0.2, 0.25) is 0 Å². The molecule has 0 aliphatic rings. The summed E-state index contributed by atoms with van der Waals surface area (Å²) in [6, 6.07) is 3.41. The summed E-state index contributed by atoms with van der Waals surface area (Å²) in [6.45, 7) is 2.41. The molecule has 0 spiro atoms. The van der Waals surface area contributed by atoms with Gasteiger partial charge in [0.15, 0.2) is 5.69 Å². The van der Waals surface area contributed by atoms with Crippen LogP contribution < -0.4 is 5.32 Å². The zero-order valence-electron chi connectivity index (χ0n) is 8.73. The van der Waals surface area contributed by atoms with Gasteiger partial charge in [-0.05, 0) is 19.1 Å². The number of hydrogen-bond acceptors (Lipinski definition) is 4. The lowest BCUT2D eigenvalue weighted by molar-refractivity contribution is 0.0691. The van der Waals surface area contributed by atoms with E-state index in [0.717, 1.165) is 0 Å². The first-order valence-corrected chi connectivity index (χ1v) is 4.59. The molecule has 0 radical (unpaired) electrons. The fraction of sp³-hybridized carbons (Fsp3) is 0.400. The van der Waals surface area contributed by atoms with Crippen LogP contribution in [0.5, 0.6) is 0 Å². The molecule has 0 aromatic carbocycles. The average molecular weight is 210 g/mol. The molecule has 15 heavy (non-hydrogen) atoms. The predicted octanol–water partition coefficient (Wildman–Crippen LogP) is 1.23. The average Bonchev–Trinajstić information content (AvgIpc) is 2.18. The molecule has 0 bridgehead atoms. The minimum Gasteiger partial charge on any atom is -0.476 e. The molecule has 1 unspecified atom stereocenters. The molecule has 0 fully saturated rings. The number of aromatic carboxylic acids is 1. The molecule has 5 nitrogen and oxygen atoms in total. The van der Waals surface area contributed by atoms with Gasteiger partial charge < -0.3 is 15.2 Å². The maximum absolute atomic E-state index is 10.8. The fourth-order valence-electron chi connectivity index (χ4n) is 1.25. The summed E-state index contributed by atoms with van der Waals surface area (Å²) in [6.07, 6.45) is 1.45. The third-order valence-corrected chi connectivity index (χ3v) is 1.83. The van der Waals surface area contributed by atoms with Crippen molar-refractivity contribution in [3.63, 3.8) is 0 Å². The van der Waals surface area contributed by atoms with E-state index in [4.69, 9.17) is 9.84 Å². The Labute approximate surface area is 88.1 Å². The van der Waals surface area contributed by atoms with E-state index in [1.165, 1.54) is 6.20 Å². The number of anilines is 1. The van der Waals surface area contributed by atoms with Gasteiger partial charge in [0.2, 0.25) is 0 Å². The minimum atomic E-state index is -1.04. The van der Waals surface area contributed by atoms with Crippen LogP contribution in [0.1, 0.15) is 17.4 Å². The van der Waals surface area contributed by atoms with Crippen molar-refractivity contribution in [2.75, 3.05) is 19.0 Å². The number of ether oxygens (including phenoxy) is 1. The van der Waals surface area contributed by atoms with E-state index in [1.54, 1.807) is 19.2 Å². The summed E-state index contributed by atoms with van der Waals surface area (Å²) in [7, 11) is 1.60. The lowest BCUT2D eigenvalue weighted by Crippen LogP contribution is -2.22. The monoisotopic (exact) mass is 210 g/mol. The molecule has 1 rings (SSSR count). The number of carboxylic acids is 1. The third-order valence-electron chi connectivity index (χ3n) is 1.83. The van der Waals surface area contributed by atoms with E-state index in [9.17, 15) is 4.79 Å². The second-order valence-corrected chi connectivity index (χ2v) is 3.21. The standard InChI is InChI=1S/C10H14N2O3/c1-7(6-15-2)12-8-4-3-5-11-9(8)10(13)14/h3-5,7,12H,6H2,1-2H3,(H,13,14). The maximum Gasteiger partial charge on any atom is 0.356 e. The highest BCUT2D eigenvalue weighted by atomic mass is 16.5. The van der Waals surface area contributed by atoms with Gasteiger partial charge in [-0.3, -0.25) is 0 Å². The lowest BCUT2D eigenvalue weighted by Gasteiger charge is -2.15. The zero-order chi connectivity index (χ0) is 11.3. The van der Waals surface area contributed by atoms with Crippen LogP contribution in [0.15, 0.2) is 18.3 Å². The number of methoxy groups -OCH3 is 1. The lowest BCUT2D eigenvalue weighted by atomic mass is 10.2. The molecule has 1 aromatic rings. The number of carboxylic acid groups (broad SMARTS) is 1. The normalized spacial score (nSPS) is 12.1. The number of rotatable bonds is 5. The highest BCUT2D eigenvalue weighted by molar-refractivity contribution is 5.91. The Balaban J connectivity index is 2.79. The number of hydrogen-bond donors (Lipinski definition) is 2. The molecule has 2 N–H and O–H groups in total. The van der Waals surface area contributed by atoms with Crippen molar-refractivity contribution in [1.29, 1.82) is 0 Å². The van der Waals surface area contributed by atoms with E-state index in [-0.39, 0.29) is 11.7 Å². The Morgan fingerprint density at radius 2 is 2.47 bits per heavy atom. The zero-order valence-corrected chi connectivity index (χ0v) is 8.73. The van der Waals surface area contributed by atoms with Gasteiger partial charge in [0, 0.05) is 19.3 Å². The Bertz CT molecular complexity index is 341. The first kappa shape index (κ1) is 11.5. The SMILES string of the molecule is COCC(C)Nc1cccnc1C(=O)O. The Morgan fingerprint density at radius 1 is 1.73 bits per heavy atom.